The van der Waals surface area contributed by atoms with Crippen LogP contribution in [0.5, 0.6) is 0 Å². The van der Waals surface area contributed by atoms with Gasteiger partial charge in [0.1, 0.15) is 6.04 Å². The Labute approximate surface area is 166 Å². The zero-order valence-corrected chi connectivity index (χ0v) is 12.9. The molecule has 9 heteroatoms. The summed E-state index contributed by atoms with van der Waals surface area (Å²) in [6.45, 7) is 0. The maximum atomic E-state index is 12.0. The standard InChI is InChI=1S/C16H19N3O5.Na.H/c17-11(5-6-14(20)21)15(22)19-13(16(23)24)7-9-8-18-12-4-2-1-3-10(9)12;;/h1-4,8,11,13,18H,5-7,17H2,(H,19,22)(H,20,21)(H,23,24);;/t11-,13+;;/m0../s1. The van der Waals surface area contributed by atoms with E-state index >= 15 is 0 Å². The Kier molecular flexibility index (Phi) is 8.11. The van der Waals surface area contributed by atoms with Crippen LogP contribution in [-0.4, -0.2) is 74.7 Å². The molecule has 2 atom stereocenters. The maximum absolute atomic E-state index is 12.0. The van der Waals surface area contributed by atoms with Crippen molar-refractivity contribution in [2.75, 3.05) is 0 Å². The molecule has 0 fully saturated rings. The molecule has 1 aromatic heterocycles. The number of hydrogen-bond donors (Lipinski definition) is 5. The van der Waals surface area contributed by atoms with Gasteiger partial charge in [-0.1, -0.05) is 18.2 Å². The zero-order chi connectivity index (χ0) is 17.7. The molecule has 0 spiro atoms. The Morgan fingerprint density at radius 2 is 1.88 bits per heavy atom. The van der Waals surface area contributed by atoms with E-state index in [-0.39, 0.29) is 48.8 Å². The summed E-state index contributed by atoms with van der Waals surface area (Å²) < 4.78 is 0. The van der Waals surface area contributed by atoms with Crippen molar-refractivity contribution in [1.82, 2.24) is 10.3 Å². The van der Waals surface area contributed by atoms with Crippen LogP contribution in [0.1, 0.15) is 18.4 Å². The molecule has 8 nitrogen and oxygen atoms in total. The molecule has 0 aliphatic heterocycles. The fraction of sp³-hybridized carbons (Fsp3) is 0.312. The number of hydrogen-bond acceptors (Lipinski definition) is 4. The van der Waals surface area contributed by atoms with Gasteiger partial charge in [0.05, 0.1) is 6.04 Å². The monoisotopic (exact) mass is 357 g/mol. The van der Waals surface area contributed by atoms with Crippen molar-refractivity contribution >= 4 is 58.3 Å². The molecule has 1 amide bonds. The number of carbonyl (C=O) groups is 3. The Balaban J connectivity index is 0.00000312. The number of benzene rings is 1. The van der Waals surface area contributed by atoms with Crippen molar-refractivity contribution in [3.63, 3.8) is 0 Å². The van der Waals surface area contributed by atoms with E-state index in [2.05, 4.69) is 10.3 Å². The van der Waals surface area contributed by atoms with Gasteiger partial charge in [-0.3, -0.25) is 9.59 Å². The molecule has 1 heterocycles. The number of para-hydroxylation sites is 1. The minimum absolute atomic E-state index is 0. The number of carbonyl (C=O) groups excluding carboxylic acids is 1. The summed E-state index contributed by atoms with van der Waals surface area (Å²) in [5, 5.41) is 21.2. The van der Waals surface area contributed by atoms with Crippen LogP contribution in [0, 0.1) is 0 Å². The van der Waals surface area contributed by atoms with Gasteiger partial charge in [-0.15, -0.1) is 0 Å². The molecule has 2 rings (SSSR count). The van der Waals surface area contributed by atoms with Gasteiger partial charge in [-0.25, -0.2) is 4.79 Å². The molecule has 0 aliphatic carbocycles. The van der Waals surface area contributed by atoms with Crippen LogP contribution in [0.2, 0.25) is 0 Å². The van der Waals surface area contributed by atoms with Gasteiger partial charge in [0.15, 0.2) is 0 Å². The third-order valence-electron chi connectivity index (χ3n) is 3.72. The number of aromatic nitrogens is 1. The van der Waals surface area contributed by atoms with Crippen molar-refractivity contribution < 1.29 is 24.6 Å². The normalized spacial score (nSPS) is 12.8. The Bertz CT molecular complexity index is 761. The molecule has 2 aromatic rings. The molecule has 130 valence electrons. The fourth-order valence-electron chi connectivity index (χ4n) is 2.41. The minimum atomic E-state index is -1.18. The molecule has 25 heavy (non-hydrogen) atoms. The molecule has 1 aromatic carbocycles. The van der Waals surface area contributed by atoms with Gasteiger partial charge in [0.2, 0.25) is 5.91 Å². The van der Waals surface area contributed by atoms with Crippen LogP contribution in [0.4, 0.5) is 0 Å². The quantitative estimate of drug-likeness (QED) is 0.415. The average Bonchev–Trinajstić information content (AvgIpc) is 2.94. The van der Waals surface area contributed by atoms with Gasteiger partial charge in [0.25, 0.3) is 0 Å². The number of amides is 1. The van der Waals surface area contributed by atoms with E-state index in [0.29, 0.717) is 0 Å². The van der Waals surface area contributed by atoms with E-state index < -0.39 is 29.9 Å². The number of nitrogens with one attached hydrogen (secondary N) is 2. The Morgan fingerprint density at radius 3 is 2.52 bits per heavy atom. The van der Waals surface area contributed by atoms with E-state index in [0.717, 1.165) is 16.5 Å². The molecule has 0 aliphatic rings. The second kappa shape index (κ2) is 9.57. The molecular formula is C16H20N3NaO5. The summed E-state index contributed by atoms with van der Waals surface area (Å²) in [5.74, 6) is -2.92. The average molecular weight is 357 g/mol. The number of aromatic amines is 1. The fourth-order valence-corrected chi connectivity index (χ4v) is 2.41. The summed E-state index contributed by atoms with van der Waals surface area (Å²) >= 11 is 0. The number of fused-ring (bicyclic) bond motifs is 1. The third-order valence-corrected chi connectivity index (χ3v) is 3.72. The first-order chi connectivity index (χ1) is 11.4. The van der Waals surface area contributed by atoms with Gasteiger partial charge < -0.3 is 26.2 Å². The molecule has 0 bridgehead atoms. The second-order valence-electron chi connectivity index (χ2n) is 5.50. The number of nitrogens with two attached hydrogens (primary N) is 1. The van der Waals surface area contributed by atoms with Crippen molar-refractivity contribution in [2.24, 2.45) is 5.73 Å². The van der Waals surface area contributed by atoms with Crippen molar-refractivity contribution in [3.05, 3.63) is 36.0 Å². The summed E-state index contributed by atoms with van der Waals surface area (Å²) in [4.78, 5) is 36.9. The third kappa shape index (κ3) is 5.86. The number of aliphatic carboxylic acids is 2. The van der Waals surface area contributed by atoms with Crippen molar-refractivity contribution in [3.8, 4) is 0 Å². The van der Waals surface area contributed by atoms with Crippen molar-refractivity contribution in [1.29, 1.82) is 0 Å². The van der Waals surface area contributed by atoms with Crippen LogP contribution in [0.25, 0.3) is 10.9 Å². The number of H-pyrrole nitrogens is 1. The van der Waals surface area contributed by atoms with Crippen molar-refractivity contribution in [2.45, 2.75) is 31.3 Å². The number of rotatable bonds is 8. The number of carboxylic acids is 2. The summed E-state index contributed by atoms with van der Waals surface area (Å²) in [5.41, 5.74) is 7.24. The number of carboxylic acid groups (broad SMARTS) is 2. The SMILES string of the molecule is N[C@@H](CCC(=O)O)C(=O)N[C@H](Cc1c[nH]c2ccccc12)C(=O)O.[NaH]. The zero-order valence-electron chi connectivity index (χ0n) is 12.9. The van der Waals surface area contributed by atoms with E-state index in [9.17, 15) is 19.5 Å². The van der Waals surface area contributed by atoms with E-state index in [1.807, 2.05) is 24.3 Å². The topological polar surface area (TPSA) is 146 Å². The van der Waals surface area contributed by atoms with E-state index in [1.165, 1.54) is 0 Å². The summed E-state index contributed by atoms with van der Waals surface area (Å²) in [6.07, 6.45) is 1.49. The molecule has 0 unspecified atom stereocenters. The predicted molar refractivity (Wildman–Crippen MR) is 93.6 cm³/mol. The Morgan fingerprint density at radius 1 is 1.20 bits per heavy atom. The van der Waals surface area contributed by atoms with Crippen LogP contribution in [0.3, 0.4) is 0 Å². The Hall–Kier alpha value is -1.87. The van der Waals surface area contributed by atoms with E-state index in [1.54, 1.807) is 6.20 Å². The van der Waals surface area contributed by atoms with Gasteiger partial charge in [0, 0.05) is 29.9 Å². The molecule has 0 saturated carbocycles. The first kappa shape index (κ1) is 21.2. The summed E-state index contributed by atoms with van der Waals surface area (Å²) in [6, 6.07) is 5.23. The molecule has 6 N–H and O–H groups in total. The first-order valence-electron chi connectivity index (χ1n) is 7.44. The second-order valence-corrected chi connectivity index (χ2v) is 5.50. The van der Waals surface area contributed by atoms with Crippen LogP contribution < -0.4 is 11.1 Å². The van der Waals surface area contributed by atoms with Crippen LogP contribution >= 0.6 is 0 Å². The van der Waals surface area contributed by atoms with Gasteiger partial charge >= 0.3 is 41.5 Å². The molecule has 0 saturated heterocycles. The predicted octanol–water partition coefficient (Wildman–Crippen LogP) is -0.177. The first-order valence-corrected chi connectivity index (χ1v) is 7.44. The molecular weight excluding hydrogens is 337 g/mol. The van der Waals surface area contributed by atoms with Gasteiger partial charge in [-0.05, 0) is 18.1 Å². The van der Waals surface area contributed by atoms with Crippen LogP contribution in [-0.2, 0) is 20.8 Å². The molecule has 0 radical (unpaired) electrons. The summed E-state index contributed by atoms with van der Waals surface area (Å²) in [7, 11) is 0. The van der Waals surface area contributed by atoms with E-state index in [4.69, 9.17) is 10.8 Å². The van der Waals surface area contributed by atoms with Gasteiger partial charge in [-0.2, -0.15) is 0 Å². The van der Waals surface area contributed by atoms with Crippen LogP contribution in [0.15, 0.2) is 30.5 Å².